The van der Waals surface area contributed by atoms with Crippen LogP contribution in [0.4, 0.5) is 0 Å². The summed E-state index contributed by atoms with van der Waals surface area (Å²) >= 11 is 0. The Hall–Kier alpha value is -1.34. The minimum absolute atomic E-state index is 0. The average Bonchev–Trinajstić information content (AvgIpc) is 3.36. The Kier molecular flexibility index (Phi) is 8.56. The van der Waals surface area contributed by atoms with Gasteiger partial charge in [-0.3, -0.25) is 14.4 Å². The molecule has 3 heterocycles. The van der Waals surface area contributed by atoms with E-state index in [1.165, 1.54) is 0 Å². The first-order chi connectivity index (χ1) is 13.0. The molecule has 0 aromatic carbocycles. The molecule has 2 N–H and O–H groups in total. The van der Waals surface area contributed by atoms with E-state index in [0.717, 1.165) is 51.6 Å². The maximum absolute atomic E-state index is 13.1. The average molecular weight is 415 g/mol. The highest BCUT2D eigenvalue weighted by Crippen LogP contribution is 2.24. The van der Waals surface area contributed by atoms with E-state index in [9.17, 15) is 14.4 Å². The Labute approximate surface area is 174 Å². The van der Waals surface area contributed by atoms with E-state index in [2.05, 4.69) is 10.6 Å². The van der Waals surface area contributed by atoms with Crippen molar-refractivity contribution in [3.8, 4) is 0 Å². The molecule has 3 rings (SSSR count). The molecule has 0 aromatic heterocycles. The van der Waals surface area contributed by atoms with Gasteiger partial charge in [0.15, 0.2) is 0 Å². The molecule has 3 unspecified atom stereocenters. The van der Waals surface area contributed by atoms with Gasteiger partial charge in [-0.2, -0.15) is 0 Å². The highest BCUT2D eigenvalue weighted by molar-refractivity contribution is 5.89. The number of carbonyl (C=O) groups excluding carboxylic acids is 3. The zero-order valence-corrected chi connectivity index (χ0v) is 17.9. The van der Waals surface area contributed by atoms with Gasteiger partial charge in [-0.25, -0.2) is 0 Å². The number of hydrogen-bond donors (Lipinski definition) is 2. The van der Waals surface area contributed by atoms with Crippen LogP contribution in [0.2, 0.25) is 0 Å². The number of piperidine rings is 1. The second-order valence-corrected chi connectivity index (χ2v) is 8.53. The molecule has 3 aliphatic rings. The quantitative estimate of drug-likeness (QED) is 0.707. The predicted octanol–water partition coefficient (Wildman–Crippen LogP) is 1.16. The number of nitrogens with one attached hydrogen (secondary N) is 2. The third-order valence-corrected chi connectivity index (χ3v) is 6.09. The minimum Gasteiger partial charge on any atom is -0.354 e. The molecule has 3 saturated heterocycles. The molecular formula is C20H35ClN4O3. The Balaban J connectivity index is 0.00000280. The van der Waals surface area contributed by atoms with Crippen LogP contribution in [0.25, 0.3) is 0 Å². The molecule has 7 nitrogen and oxygen atoms in total. The van der Waals surface area contributed by atoms with E-state index in [1.807, 2.05) is 18.7 Å². The highest BCUT2D eigenvalue weighted by atomic mass is 35.5. The Morgan fingerprint density at radius 3 is 2.50 bits per heavy atom. The molecule has 28 heavy (non-hydrogen) atoms. The summed E-state index contributed by atoms with van der Waals surface area (Å²) in [6.07, 6.45) is 5.61. The van der Waals surface area contributed by atoms with Gasteiger partial charge in [0, 0.05) is 32.1 Å². The summed E-state index contributed by atoms with van der Waals surface area (Å²) in [5, 5.41) is 6.28. The molecule has 3 atom stereocenters. The van der Waals surface area contributed by atoms with E-state index in [-0.39, 0.29) is 48.1 Å². The Morgan fingerprint density at radius 2 is 1.82 bits per heavy atom. The van der Waals surface area contributed by atoms with E-state index in [1.54, 1.807) is 4.90 Å². The normalized spacial score (nSPS) is 27.6. The molecule has 0 bridgehead atoms. The van der Waals surface area contributed by atoms with Gasteiger partial charge in [0.2, 0.25) is 17.7 Å². The monoisotopic (exact) mass is 414 g/mol. The van der Waals surface area contributed by atoms with Gasteiger partial charge in [-0.05, 0) is 51.0 Å². The van der Waals surface area contributed by atoms with Crippen LogP contribution in [-0.2, 0) is 14.4 Å². The number of likely N-dealkylation sites (tertiary alicyclic amines) is 2. The fraction of sp³-hybridized carbons (Fsp3) is 0.850. The summed E-state index contributed by atoms with van der Waals surface area (Å²) in [5.74, 6) is 0.474. The van der Waals surface area contributed by atoms with Crippen molar-refractivity contribution >= 4 is 30.1 Å². The summed E-state index contributed by atoms with van der Waals surface area (Å²) in [5.41, 5.74) is 0. The third-order valence-electron chi connectivity index (χ3n) is 6.09. The Bertz CT molecular complexity index is 566. The molecule has 0 aliphatic carbocycles. The standard InChI is InChI=1S/C20H34N4O3.ClH/c1-14(2)19(26)24-11-5-8-17(24)20(27)23-10-4-6-15(13-23)12-22-18(25)16-7-3-9-21-16;/h14-17,21H,3-13H2,1-2H3,(H,22,25);1H. The van der Waals surface area contributed by atoms with Crippen LogP contribution >= 0.6 is 12.4 Å². The van der Waals surface area contributed by atoms with Gasteiger partial charge in [0.05, 0.1) is 6.04 Å². The lowest BCUT2D eigenvalue weighted by molar-refractivity contribution is -0.146. The zero-order chi connectivity index (χ0) is 19.4. The third kappa shape index (κ3) is 5.38. The molecule has 3 amide bonds. The van der Waals surface area contributed by atoms with Crippen molar-refractivity contribution in [1.29, 1.82) is 0 Å². The van der Waals surface area contributed by atoms with Crippen LogP contribution < -0.4 is 10.6 Å². The van der Waals surface area contributed by atoms with Crippen molar-refractivity contribution in [3.05, 3.63) is 0 Å². The number of hydrogen-bond acceptors (Lipinski definition) is 4. The van der Waals surface area contributed by atoms with Gasteiger partial charge in [0.25, 0.3) is 0 Å². The summed E-state index contributed by atoms with van der Waals surface area (Å²) in [6.45, 7) is 7.44. The van der Waals surface area contributed by atoms with Gasteiger partial charge in [-0.1, -0.05) is 13.8 Å². The van der Waals surface area contributed by atoms with Crippen molar-refractivity contribution in [2.45, 2.75) is 64.5 Å². The molecule has 160 valence electrons. The van der Waals surface area contributed by atoms with E-state index < -0.39 is 0 Å². The molecule has 3 aliphatic heterocycles. The number of amides is 3. The van der Waals surface area contributed by atoms with Gasteiger partial charge < -0.3 is 20.4 Å². The molecule has 8 heteroatoms. The maximum atomic E-state index is 13.1. The number of carbonyl (C=O) groups is 3. The van der Waals surface area contributed by atoms with Crippen LogP contribution in [0.5, 0.6) is 0 Å². The van der Waals surface area contributed by atoms with Gasteiger partial charge in [0.1, 0.15) is 6.04 Å². The molecule has 0 radical (unpaired) electrons. The van der Waals surface area contributed by atoms with Crippen LogP contribution in [0.3, 0.4) is 0 Å². The van der Waals surface area contributed by atoms with Gasteiger partial charge in [-0.15, -0.1) is 12.4 Å². The molecule has 3 fully saturated rings. The second kappa shape index (κ2) is 10.4. The van der Waals surface area contributed by atoms with Crippen molar-refractivity contribution < 1.29 is 14.4 Å². The first kappa shape index (κ1) is 22.9. The van der Waals surface area contributed by atoms with E-state index >= 15 is 0 Å². The molecule has 0 saturated carbocycles. The number of halogens is 1. The summed E-state index contributed by atoms with van der Waals surface area (Å²) in [7, 11) is 0. The molecule has 0 spiro atoms. The maximum Gasteiger partial charge on any atom is 0.245 e. The lowest BCUT2D eigenvalue weighted by Gasteiger charge is -2.36. The number of nitrogens with zero attached hydrogens (tertiary/aromatic N) is 2. The van der Waals surface area contributed by atoms with Crippen molar-refractivity contribution in [2.75, 3.05) is 32.7 Å². The fourth-order valence-corrected chi connectivity index (χ4v) is 4.54. The minimum atomic E-state index is -0.295. The summed E-state index contributed by atoms with van der Waals surface area (Å²) in [4.78, 5) is 41.4. The van der Waals surface area contributed by atoms with E-state index in [4.69, 9.17) is 0 Å². The van der Waals surface area contributed by atoms with Crippen LogP contribution in [0.15, 0.2) is 0 Å². The molecule has 0 aromatic rings. The van der Waals surface area contributed by atoms with Crippen LogP contribution in [0.1, 0.15) is 52.4 Å². The van der Waals surface area contributed by atoms with Crippen LogP contribution in [0, 0.1) is 11.8 Å². The van der Waals surface area contributed by atoms with Crippen molar-refractivity contribution in [1.82, 2.24) is 20.4 Å². The SMILES string of the molecule is CC(C)C(=O)N1CCCC1C(=O)N1CCCC(CNC(=O)C2CCCN2)C1.Cl. The van der Waals surface area contributed by atoms with Gasteiger partial charge >= 0.3 is 0 Å². The summed E-state index contributed by atoms with van der Waals surface area (Å²) in [6, 6.07) is -0.351. The van der Waals surface area contributed by atoms with Crippen molar-refractivity contribution in [3.63, 3.8) is 0 Å². The smallest absolute Gasteiger partial charge is 0.245 e. The molecular weight excluding hydrogens is 380 g/mol. The highest BCUT2D eigenvalue weighted by Gasteiger charge is 2.38. The zero-order valence-electron chi connectivity index (χ0n) is 17.1. The largest absolute Gasteiger partial charge is 0.354 e. The van der Waals surface area contributed by atoms with Crippen molar-refractivity contribution in [2.24, 2.45) is 11.8 Å². The first-order valence-corrected chi connectivity index (χ1v) is 10.6. The predicted molar refractivity (Wildman–Crippen MR) is 110 cm³/mol. The summed E-state index contributed by atoms with van der Waals surface area (Å²) < 4.78 is 0. The second-order valence-electron chi connectivity index (χ2n) is 8.53. The Morgan fingerprint density at radius 1 is 1.07 bits per heavy atom. The lowest BCUT2D eigenvalue weighted by Crippen LogP contribution is -2.52. The topological polar surface area (TPSA) is 81.8 Å². The van der Waals surface area contributed by atoms with Crippen LogP contribution in [-0.4, -0.2) is 72.3 Å². The van der Waals surface area contributed by atoms with E-state index in [0.29, 0.717) is 25.6 Å². The first-order valence-electron chi connectivity index (χ1n) is 10.6. The number of rotatable bonds is 5. The lowest BCUT2D eigenvalue weighted by atomic mass is 9.96. The fourth-order valence-electron chi connectivity index (χ4n) is 4.54.